The maximum atomic E-state index is 13.9. The molecule has 0 saturated heterocycles. The van der Waals surface area contributed by atoms with E-state index in [1.165, 1.54) is 18.0 Å². The first kappa shape index (κ1) is 14.7. The summed E-state index contributed by atoms with van der Waals surface area (Å²) in [5, 5.41) is 5.34. The van der Waals surface area contributed by atoms with Crippen LogP contribution in [-0.4, -0.2) is 16.8 Å². The Morgan fingerprint density at radius 2 is 1.91 bits per heavy atom. The van der Waals surface area contributed by atoms with E-state index in [1.807, 2.05) is 24.3 Å². The van der Waals surface area contributed by atoms with E-state index in [-0.39, 0.29) is 17.4 Å². The summed E-state index contributed by atoms with van der Waals surface area (Å²) < 4.78 is 20.5. The molecule has 0 N–H and O–H groups in total. The minimum atomic E-state index is -0.694. The van der Waals surface area contributed by atoms with Gasteiger partial charge < -0.3 is 4.74 Å². The van der Waals surface area contributed by atoms with Crippen molar-refractivity contribution in [2.24, 2.45) is 5.10 Å². The molecule has 1 aliphatic rings. The second kappa shape index (κ2) is 5.88. The molecule has 1 heterocycles. The first-order chi connectivity index (χ1) is 10.6. The van der Waals surface area contributed by atoms with Crippen molar-refractivity contribution < 1.29 is 13.9 Å². The van der Waals surface area contributed by atoms with Gasteiger partial charge in [-0.15, -0.1) is 5.10 Å². The Morgan fingerprint density at radius 1 is 1.23 bits per heavy atom. The van der Waals surface area contributed by atoms with E-state index >= 15 is 0 Å². The van der Waals surface area contributed by atoms with E-state index in [1.54, 1.807) is 18.2 Å². The van der Waals surface area contributed by atoms with Crippen LogP contribution in [0.3, 0.4) is 0 Å². The quantitative estimate of drug-likeness (QED) is 0.814. The Labute approximate surface area is 135 Å². The Morgan fingerprint density at radius 3 is 2.55 bits per heavy atom. The fourth-order valence-corrected chi connectivity index (χ4v) is 2.42. The first-order valence-electron chi connectivity index (χ1n) is 6.61. The zero-order valence-corrected chi connectivity index (χ0v) is 13.2. The Balaban J connectivity index is 1.96. The third kappa shape index (κ3) is 2.74. The minimum Gasteiger partial charge on any atom is -0.446 e. The van der Waals surface area contributed by atoms with Crippen LogP contribution in [0, 0.1) is 5.82 Å². The molecule has 6 heteroatoms. The van der Waals surface area contributed by atoms with Crippen molar-refractivity contribution in [2.45, 2.75) is 13.2 Å². The van der Waals surface area contributed by atoms with E-state index in [9.17, 15) is 9.18 Å². The van der Waals surface area contributed by atoms with E-state index < -0.39 is 12.0 Å². The Kier molecular flexibility index (Phi) is 3.94. The van der Waals surface area contributed by atoms with Crippen LogP contribution in [0.1, 0.15) is 24.3 Å². The number of hydrazone groups is 1. The van der Waals surface area contributed by atoms with Gasteiger partial charge in [0.1, 0.15) is 5.82 Å². The van der Waals surface area contributed by atoms with Crippen LogP contribution in [0.2, 0.25) is 0 Å². The lowest BCUT2D eigenvalue weighted by molar-refractivity contribution is -0.135. The highest BCUT2D eigenvalue weighted by atomic mass is 79.9. The number of hydrogen-bond acceptors (Lipinski definition) is 3. The summed E-state index contributed by atoms with van der Waals surface area (Å²) in [6, 6.07) is 13.5. The van der Waals surface area contributed by atoms with Crippen LogP contribution >= 0.6 is 15.9 Å². The molecule has 0 fully saturated rings. The number of rotatable bonds is 2. The van der Waals surface area contributed by atoms with Gasteiger partial charge in [0, 0.05) is 17.0 Å². The molecule has 2 aromatic rings. The van der Waals surface area contributed by atoms with Crippen molar-refractivity contribution in [3.05, 3.63) is 69.9 Å². The van der Waals surface area contributed by atoms with Gasteiger partial charge in [-0.05, 0) is 24.3 Å². The van der Waals surface area contributed by atoms with Crippen molar-refractivity contribution in [1.29, 1.82) is 0 Å². The SMILES string of the molecule is CC(=O)N1N=C(c2ccccc2F)OC1c1ccc(Br)cc1. The Bertz CT molecular complexity index is 746. The normalized spacial score (nSPS) is 17.1. The fourth-order valence-electron chi connectivity index (χ4n) is 2.15. The van der Waals surface area contributed by atoms with E-state index in [0.717, 1.165) is 10.0 Å². The monoisotopic (exact) mass is 362 g/mol. The number of nitrogens with zero attached hydrogens (tertiary/aromatic N) is 2. The van der Waals surface area contributed by atoms with Gasteiger partial charge in [-0.2, -0.15) is 5.01 Å². The third-order valence-electron chi connectivity index (χ3n) is 3.23. The van der Waals surface area contributed by atoms with Crippen molar-refractivity contribution in [2.75, 3.05) is 0 Å². The first-order valence-corrected chi connectivity index (χ1v) is 7.41. The molecule has 1 aliphatic heterocycles. The van der Waals surface area contributed by atoms with Gasteiger partial charge >= 0.3 is 0 Å². The van der Waals surface area contributed by atoms with Crippen LogP contribution < -0.4 is 0 Å². The molecule has 1 unspecified atom stereocenters. The lowest BCUT2D eigenvalue weighted by Crippen LogP contribution is -2.25. The molecule has 3 rings (SSSR count). The second-order valence-electron chi connectivity index (χ2n) is 4.77. The second-order valence-corrected chi connectivity index (χ2v) is 5.69. The molecule has 1 atom stereocenters. The van der Waals surface area contributed by atoms with E-state index in [2.05, 4.69) is 21.0 Å². The average molecular weight is 363 g/mol. The summed E-state index contributed by atoms with van der Waals surface area (Å²) in [6.45, 7) is 1.39. The third-order valence-corrected chi connectivity index (χ3v) is 3.75. The highest BCUT2D eigenvalue weighted by Crippen LogP contribution is 2.31. The van der Waals surface area contributed by atoms with Gasteiger partial charge in [0.05, 0.1) is 5.56 Å². The van der Waals surface area contributed by atoms with Crippen LogP contribution in [0.5, 0.6) is 0 Å². The van der Waals surface area contributed by atoms with Crippen LogP contribution in [-0.2, 0) is 9.53 Å². The molecule has 0 aliphatic carbocycles. The molecule has 0 bridgehead atoms. The predicted octanol–water partition coefficient (Wildman–Crippen LogP) is 3.83. The standard InChI is InChI=1S/C16H12BrFN2O2/c1-10(21)20-16(11-6-8-12(17)9-7-11)22-15(19-20)13-4-2-3-5-14(13)18/h2-9,16H,1H3. The molecule has 4 nitrogen and oxygen atoms in total. The maximum Gasteiger partial charge on any atom is 0.244 e. The highest BCUT2D eigenvalue weighted by molar-refractivity contribution is 9.10. The number of halogens is 2. The number of carbonyl (C=O) groups excluding carboxylic acids is 1. The van der Waals surface area contributed by atoms with Gasteiger partial charge in [-0.1, -0.05) is 40.2 Å². The lowest BCUT2D eigenvalue weighted by Gasteiger charge is -2.19. The molecule has 1 amide bonds. The molecule has 0 aromatic heterocycles. The molecule has 0 spiro atoms. The summed E-state index contributed by atoms with van der Waals surface area (Å²) in [5.74, 6) is -0.623. The van der Waals surface area contributed by atoms with E-state index in [0.29, 0.717) is 0 Å². The number of hydrogen-bond donors (Lipinski definition) is 0. The summed E-state index contributed by atoms with van der Waals surface area (Å²) in [4.78, 5) is 11.8. The van der Waals surface area contributed by atoms with Crippen LogP contribution in [0.4, 0.5) is 4.39 Å². The zero-order chi connectivity index (χ0) is 15.7. The maximum absolute atomic E-state index is 13.9. The number of carbonyl (C=O) groups is 1. The molecule has 22 heavy (non-hydrogen) atoms. The van der Waals surface area contributed by atoms with Crippen LogP contribution in [0.25, 0.3) is 0 Å². The number of benzene rings is 2. The summed E-state index contributed by atoms with van der Waals surface area (Å²) in [7, 11) is 0. The van der Waals surface area contributed by atoms with Crippen molar-refractivity contribution in [3.8, 4) is 0 Å². The molecule has 0 saturated carbocycles. The van der Waals surface area contributed by atoms with Crippen molar-refractivity contribution in [3.63, 3.8) is 0 Å². The predicted molar refractivity (Wildman–Crippen MR) is 83.4 cm³/mol. The van der Waals surface area contributed by atoms with Crippen molar-refractivity contribution in [1.82, 2.24) is 5.01 Å². The van der Waals surface area contributed by atoms with Crippen molar-refractivity contribution >= 4 is 27.7 Å². The summed E-state index contributed by atoms with van der Waals surface area (Å²) in [6.07, 6.45) is -0.694. The lowest BCUT2D eigenvalue weighted by atomic mass is 10.2. The molecule has 112 valence electrons. The average Bonchev–Trinajstić information content (AvgIpc) is 2.93. The largest absolute Gasteiger partial charge is 0.446 e. The fraction of sp³-hybridized carbons (Fsp3) is 0.125. The van der Waals surface area contributed by atoms with Crippen LogP contribution in [0.15, 0.2) is 58.1 Å². The smallest absolute Gasteiger partial charge is 0.244 e. The molecular formula is C16H12BrFN2O2. The van der Waals surface area contributed by atoms with Gasteiger partial charge in [-0.25, -0.2) is 4.39 Å². The molecule has 0 radical (unpaired) electrons. The molecule has 2 aromatic carbocycles. The number of ether oxygens (including phenoxy) is 1. The van der Waals surface area contributed by atoms with Gasteiger partial charge in [0.15, 0.2) is 0 Å². The van der Waals surface area contributed by atoms with E-state index in [4.69, 9.17) is 4.74 Å². The van der Waals surface area contributed by atoms with Gasteiger partial charge in [0.2, 0.25) is 18.0 Å². The number of amides is 1. The minimum absolute atomic E-state index is 0.0984. The Hall–Kier alpha value is -2.21. The molecular weight excluding hydrogens is 351 g/mol. The van der Waals surface area contributed by atoms with Gasteiger partial charge in [-0.3, -0.25) is 4.79 Å². The zero-order valence-electron chi connectivity index (χ0n) is 11.7. The summed E-state index contributed by atoms with van der Waals surface area (Å²) >= 11 is 3.36. The summed E-state index contributed by atoms with van der Waals surface area (Å²) in [5.41, 5.74) is 0.988. The van der Waals surface area contributed by atoms with Gasteiger partial charge in [0.25, 0.3) is 0 Å². The topological polar surface area (TPSA) is 41.9 Å². The highest BCUT2D eigenvalue weighted by Gasteiger charge is 2.33.